The van der Waals surface area contributed by atoms with Crippen molar-refractivity contribution in [2.75, 3.05) is 30.3 Å². The lowest BCUT2D eigenvalue weighted by Gasteiger charge is -2.26. The molecule has 0 aliphatic carbocycles. The third-order valence-corrected chi connectivity index (χ3v) is 4.83. The number of likely N-dealkylation sites (tertiary alicyclic amines) is 1. The summed E-state index contributed by atoms with van der Waals surface area (Å²) in [5, 5.41) is 5.91. The molecular weight excluding hydrogens is 394 g/mol. The van der Waals surface area contributed by atoms with E-state index in [-0.39, 0.29) is 18.4 Å². The highest BCUT2D eigenvalue weighted by atomic mass is 79.9. The van der Waals surface area contributed by atoms with E-state index < -0.39 is 0 Å². The van der Waals surface area contributed by atoms with Crippen LogP contribution in [0.25, 0.3) is 0 Å². The van der Waals surface area contributed by atoms with Crippen LogP contribution >= 0.6 is 15.9 Å². The van der Waals surface area contributed by atoms with E-state index in [9.17, 15) is 9.59 Å². The number of anilines is 2. The number of halogens is 1. The SMILES string of the molecule is O=C(CNc1ccc(C(=O)N2CCCCC2)cc1)Nc1cccc(Br)c1. The first-order valence-corrected chi connectivity index (χ1v) is 9.60. The summed E-state index contributed by atoms with van der Waals surface area (Å²) in [5.41, 5.74) is 2.24. The summed E-state index contributed by atoms with van der Waals surface area (Å²) >= 11 is 3.38. The Labute approximate surface area is 161 Å². The number of benzene rings is 2. The van der Waals surface area contributed by atoms with Gasteiger partial charge in [0, 0.05) is 34.5 Å². The molecule has 2 N–H and O–H groups in total. The fourth-order valence-corrected chi connectivity index (χ4v) is 3.36. The van der Waals surface area contributed by atoms with Crippen molar-refractivity contribution in [1.82, 2.24) is 4.90 Å². The number of carbonyl (C=O) groups is 2. The molecular formula is C20H22BrN3O2. The summed E-state index contributed by atoms with van der Waals surface area (Å²) in [5.74, 6) is -0.0415. The van der Waals surface area contributed by atoms with E-state index in [1.807, 2.05) is 53.4 Å². The maximum Gasteiger partial charge on any atom is 0.253 e. The van der Waals surface area contributed by atoms with Crippen LogP contribution in [0, 0.1) is 0 Å². The Hall–Kier alpha value is -2.34. The molecule has 0 spiro atoms. The van der Waals surface area contributed by atoms with Crippen molar-refractivity contribution in [3.05, 3.63) is 58.6 Å². The van der Waals surface area contributed by atoms with Crippen molar-refractivity contribution in [1.29, 1.82) is 0 Å². The van der Waals surface area contributed by atoms with Gasteiger partial charge in [-0.3, -0.25) is 9.59 Å². The average Bonchev–Trinajstić information content (AvgIpc) is 2.67. The quantitative estimate of drug-likeness (QED) is 0.771. The third-order valence-electron chi connectivity index (χ3n) is 4.34. The number of amides is 2. The van der Waals surface area contributed by atoms with Gasteiger partial charge in [-0.25, -0.2) is 0 Å². The van der Waals surface area contributed by atoms with Crippen molar-refractivity contribution in [3.8, 4) is 0 Å². The molecule has 1 aliphatic heterocycles. The fourth-order valence-electron chi connectivity index (χ4n) is 2.96. The van der Waals surface area contributed by atoms with Gasteiger partial charge in [-0.15, -0.1) is 0 Å². The molecule has 0 saturated carbocycles. The molecule has 1 fully saturated rings. The minimum atomic E-state index is -0.128. The number of hydrogen-bond donors (Lipinski definition) is 2. The van der Waals surface area contributed by atoms with Crippen LogP contribution in [-0.4, -0.2) is 36.3 Å². The molecule has 136 valence electrons. The zero-order valence-corrected chi connectivity index (χ0v) is 16.1. The van der Waals surface area contributed by atoms with Crippen LogP contribution in [0.1, 0.15) is 29.6 Å². The van der Waals surface area contributed by atoms with Crippen LogP contribution in [0.4, 0.5) is 11.4 Å². The van der Waals surface area contributed by atoms with E-state index >= 15 is 0 Å². The Kier molecular flexibility index (Phi) is 6.28. The summed E-state index contributed by atoms with van der Waals surface area (Å²) in [6.07, 6.45) is 3.37. The average molecular weight is 416 g/mol. The standard InChI is InChI=1S/C20H22BrN3O2/c21-16-5-4-6-18(13-16)23-19(25)14-22-17-9-7-15(8-10-17)20(26)24-11-2-1-3-12-24/h4-10,13,22H,1-3,11-12,14H2,(H,23,25). The first-order valence-electron chi connectivity index (χ1n) is 8.80. The summed E-state index contributed by atoms with van der Waals surface area (Å²) in [4.78, 5) is 26.4. The number of hydrogen-bond acceptors (Lipinski definition) is 3. The highest BCUT2D eigenvalue weighted by Crippen LogP contribution is 2.17. The smallest absolute Gasteiger partial charge is 0.253 e. The second-order valence-electron chi connectivity index (χ2n) is 6.34. The van der Waals surface area contributed by atoms with E-state index in [1.54, 1.807) is 0 Å². The number of rotatable bonds is 5. The summed E-state index contributed by atoms with van der Waals surface area (Å²) < 4.78 is 0.914. The monoisotopic (exact) mass is 415 g/mol. The number of carbonyl (C=O) groups excluding carboxylic acids is 2. The highest BCUT2D eigenvalue weighted by Gasteiger charge is 2.17. The molecule has 6 heteroatoms. The third kappa shape index (κ3) is 5.08. The van der Waals surface area contributed by atoms with Crippen LogP contribution in [0.15, 0.2) is 53.0 Å². The lowest BCUT2D eigenvalue weighted by molar-refractivity contribution is -0.114. The maximum atomic E-state index is 12.4. The summed E-state index contributed by atoms with van der Waals surface area (Å²) in [6, 6.07) is 14.7. The van der Waals surface area contributed by atoms with Crippen molar-refractivity contribution in [2.24, 2.45) is 0 Å². The lowest BCUT2D eigenvalue weighted by Crippen LogP contribution is -2.35. The molecule has 1 heterocycles. The minimum Gasteiger partial charge on any atom is -0.376 e. The molecule has 3 rings (SSSR count). The van der Waals surface area contributed by atoms with Gasteiger partial charge in [0.15, 0.2) is 0 Å². The fraction of sp³-hybridized carbons (Fsp3) is 0.300. The highest BCUT2D eigenvalue weighted by molar-refractivity contribution is 9.10. The first kappa shape index (κ1) is 18.5. The Balaban J connectivity index is 1.51. The molecule has 26 heavy (non-hydrogen) atoms. The molecule has 0 aromatic heterocycles. The van der Waals surface area contributed by atoms with Gasteiger partial charge in [0.05, 0.1) is 6.54 Å². The Morgan fingerprint density at radius 1 is 0.962 bits per heavy atom. The summed E-state index contributed by atoms with van der Waals surface area (Å²) in [6.45, 7) is 1.84. The molecule has 0 bridgehead atoms. The van der Waals surface area contributed by atoms with Gasteiger partial charge in [-0.1, -0.05) is 22.0 Å². The predicted molar refractivity (Wildman–Crippen MR) is 107 cm³/mol. The van der Waals surface area contributed by atoms with E-state index in [4.69, 9.17) is 0 Å². The molecule has 0 atom stereocenters. The Bertz CT molecular complexity index is 771. The van der Waals surface area contributed by atoms with E-state index in [0.717, 1.165) is 41.8 Å². The van der Waals surface area contributed by atoms with Gasteiger partial charge in [-0.05, 0) is 61.7 Å². The van der Waals surface area contributed by atoms with Crippen molar-refractivity contribution >= 4 is 39.1 Å². The molecule has 1 aliphatic rings. The Morgan fingerprint density at radius 2 is 1.69 bits per heavy atom. The Morgan fingerprint density at radius 3 is 2.38 bits per heavy atom. The van der Waals surface area contributed by atoms with Gasteiger partial charge in [0.1, 0.15) is 0 Å². The molecule has 1 saturated heterocycles. The number of nitrogens with one attached hydrogen (secondary N) is 2. The maximum absolute atomic E-state index is 12.4. The second kappa shape index (κ2) is 8.85. The van der Waals surface area contributed by atoms with Crippen LogP contribution in [-0.2, 0) is 4.79 Å². The van der Waals surface area contributed by atoms with Gasteiger partial charge in [0.25, 0.3) is 5.91 Å². The topological polar surface area (TPSA) is 61.4 Å². The number of piperidine rings is 1. The summed E-state index contributed by atoms with van der Waals surface area (Å²) in [7, 11) is 0. The largest absolute Gasteiger partial charge is 0.376 e. The zero-order valence-electron chi connectivity index (χ0n) is 14.5. The van der Waals surface area contributed by atoms with Gasteiger partial charge in [0.2, 0.25) is 5.91 Å². The van der Waals surface area contributed by atoms with Gasteiger partial charge in [-0.2, -0.15) is 0 Å². The molecule has 0 radical (unpaired) electrons. The van der Waals surface area contributed by atoms with E-state index in [2.05, 4.69) is 26.6 Å². The zero-order chi connectivity index (χ0) is 18.4. The molecule has 2 aromatic carbocycles. The van der Waals surface area contributed by atoms with E-state index in [1.165, 1.54) is 6.42 Å². The van der Waals surface area contributed by atoms with Gasteiger partial charge >= 0.3 is 0 Å². The van der Waals surface area contributed by atoms with Gasteiger partial charge < -0.3 is 15.5 Å². The molecule has 5 nitrogen and oxygen atoms in total. The molecule has 2 amide bonds. The van der Waals surface area contributed by atoms with Crippen LogP contribution < -0.4 is 10.6 Å². The first-order chi connectivity index (χ1) is 12.6. The molecule has 0 unspecified atom stereocenters. The predicted octanol–water partition coefficient (Wildman–Crippen LogP) is 4.13. The van der Waals surface area contributed by atoms with Crippen molar-refractivity contribution in [3.63, 3.8) is 0 Å². The van der Waals surface area contributed by atoms with Crippen LogP contribution in [0.2, 0.25) is 0 Å². The normalized spacial score (nSPS) is 14.0. The van der Waals surface area contributed by atoms with E-state index in [0.29, 0.717) is 5.56 Å². The number of nitrogens with zero attached hydrogens (tertiary/aromatic N) is 1. The molecule has 2 aromatic rings. The van der Waals surface area contributed by atoms with Crippen molar-refractivity contribution < 1.29 is 9.59 Å². The van der Waals surface area contributed by atoms with Crippen LogP contribution in [0.3, 0.4) is 0 Å². The second-order valence-corrected chi connectivity index (χ2v) is 7.26. The minimum absolute atomic E-state index is 0.0867. The van der Waals surface area contributed by atoms with Crippen molar-refractivity contribution in [2.45, 2.75) is 19.3 Å². The van der Waals surface area contributed by atoms with Crippen LogP contribution in [0.5, 0.6) is 0 Å². The lowest BCUT2D eigenvalue weighted by atomic mass is 10.1.